The highest BCUT2D eigenvalue weighted by atomic mass is 35.5. The Bertz CT molecular complexity index is 339. The molecule has 1 rings (SSSR count). The number of hydrogen-bond donors (Lipinski definition) is 1. The van der Waals surface area contributed by atoms with E-state index in [0.29, 0.717) is 5.92 Å². The maximum absolute atomic E-state index is 5.96. The zero-order chi connectivity index (χ0) is 12.1. The van der Waals surface area contributed by atoms with Gasteiger partial charge in [-0.05, 0) is 36.7 Å². The van der Waals surface area contributed by atoms with E-state index in [0.717, 1.165) is 29.4 Å². The first-order chi connectivity index (χ1) is 7.52. The number of halogens is 1. The molecule has 1 aromatic rings. The Balaban J connectivity index is 2.61. The van der Waals surface area contributed by atoms with Crippen molar-refractivity contribution in [2.24, 2.45) is 5.92 Å². The summed E-state index contributed by atoms with van der Waals surface area (Å²) in [6.45, 7) is 6.42. The molecule has 0 radical (unpaired) electrons. The first-order valence-electron chi connectivity index (χ1n) is 5.75. The Morgan fingerprint density at radius 3 is 2.75 bits per heavy atom. The lowest BCUT2D eigenvalue weighted by Gasteiger charge is -2.21. The average molecular weight is 241 g/mol. The van der Waals surface area contributed by atoms with Gasteiger partial charge in [-0.2, -0.15) is 0 Å². The number of benzene rings is 1. The van der Waals surface area contributed by atoms with E-state index in [-0.39, 0.29) is 0 Å². The summed E-state index contributed by atoms with van der Waals surface area (Å²) in [4.78, 5) is 2.29. The topological polar surface area (TPSA) is 29.3 Å². The molecule has 1 aromatic carbocycles. The minimum atomic E-state index is 0.713. The van der Waals surface area contributed by atoms with E-state index < -0.39 is 0 Å². The van der Waals surface area contributed by atoms with Crippen LogP contribution in [0.3, 0.4) is 0 Å². The van der Waals surface area contributed by atoms with Gasteiger partial charge in [0.25, 0.3) is 0 Å². The van der Waals surface area contributed by atoms with Gasteiger partial charge in [0.1, 0.15) is 0 Å². The Morgan fingerprint density at radius 1 is 1.44 bits per heavy atom. The molecule has 0 aromatic heterocycles. The molecular weight excluding hydrogens is 220 g/mol. The van der Waals surface area contributed by atoms with Crippen LogP contribution in [0.15, 0.2) is 18.2 Å². The van der Waals surface area contributed by atoms with E-state index in [1.165, 1.54) is 6.42 Å². The zero-order valence-electron chi connectivity index (χ0n) is 10.3. The normalized spacial score (nSPS) is 13.1. The molecule has 0 fully saturated rings. The van der Waals surface area contributed by atoms with Crippen LogP contribution in [0.2, 0.25) is 5.02 Å². The molecule has 0 bridgehead atoms. The summed E-state index contributed by atoms with van der Waals surface area (Å²) in [6.07, 6.45) is 1.20. The molecule has 90 valence electrons. The lowest BCUT2D eigenvalue weighted by Crippen LogP contribution is -2.24. The fourth-order valence-electron chi connectivity index (χ4n) is 1.73. The summed E-state index contributed by atoms with van der Waals surface area (Å²) >= 11 is 5.96. The lowest BCUT2D eigenvalue weighted by atomic mass is 10.1. The van der Waals surface area contributed by atoms with Crippen molar-refractivity contribution in [3.05, 3.63) is 28.8 Å². The molecule has 2 N–H and O–H groups in total. The number of anilines is 1. The van der Waals surface area contributed by atoms with E-state index >= 15 is 0 Å². The summed E-state index contributed by atoms with van der Waals surface area (Å²) in [5.74, 6) is 0.713. The van der Waals surface area contributed by atoms with Crippen molar-refractivity contribution in [1.29, 1.82) is 0 Å². The second-order valence-corrected chi connectivity index (χ2v) is 4.99. The van der Waals surface area contributed by atoms with Gasteiger partial charge in [-0.1, -0.05) is 31.9 Å². The van der Waals surface area contributed by atoms with Crippen molar-refractivity contribution in [3.63, 3.8) is 0 Å². The van der Waals surface area contributed by atoms with Crippen LogP contribution in [0, 0.1) is 5.92 Å². The molecular formula is C13H21ClN2. The smallest absolute Gasteiger partial charge is 0.0410 e. The van der Waals surface area contributed by atoms with Gasteiger partial charge in [0.2, 0.25) is 0 Å². The highest BCUT2D eigenvalue weighted by molar-refractivity contribution is 6.30. The van der Waals surface area contributed by atoms with Crippen molar-refractivity contribution in [3.8, 4) is 0 Å². The van der Waals surface area contributed by atoms with Gasteiger partial charge in [0, 0.05) is 23.8 Å². The van der Waals surface area contributed by atoms with Gasteiger partial charge in [0.05, 0.1) is 0 Å². The Morgan fingerprint density at radius 2 is 2.12 bits per heavy atom. The number of nitrogens with zero attached hydrogens (tertiary/aromatic N) is 1. The Labute approximate surface area is 103 Å². The molecule has 2 nitrogen and oxygen atoms in total. The fraction of sp³-hybridized carbons (Fsp3) is 0.538. The standard InChI is InChI=1S/C13H21ClN2/c1-4-10(2)8-16(3)9-11-7-12(14)5-6-13(11)15/h5-7,10H,4,8-9,15H2,1-3H3. The van der Waals surface area contributed by atoms with E-state index in [4.69, 9.17) is 17.3 Å². The maximum Gasteiger partial charge on any atom is 0.0410 e. The second-order valence-electron chi connectivity index (χ2n) is 4.55. The summed E-state index contributed by atoms with van der Waals surface area (Å²) in [7, 11) is 2.12. The minimum absolute atomic E-state index is 0.713. The van der Waals surface area contributed by atoms with E-state index in [1.54, 1.807) is 0 Å². The predicted molar refractivity (Wildman–Crippen MR) is 71.7 cm³/mol. The fourth-order valence-corrected chi connectivity index (χ4v) is 1.92. The van der Waals surface area contributed by atoms with Crippen molar-refractivity contribution in [1.82, 2.24) is 4.90 Å². The van der Waals surface area contributed by atoms with Gasteiger partial charge in [-0.3, -0.25) is 0 Å². The van der Waals surface area contributed by atoms with Crippen LogP contribution in [0.4, 0.5) is 5.69 Å². The van der Waals surface area contributed by atoms with Crippen LogP contribution in [-0.2, 0) is 6.54 Å². The maximum atomic E-state index is 5.96. The van der Waals surface area contributed by atoms with E-state index in [2.05, 4.69) is 25.8 Å². The first kappa shape index (κ1) is 13.3. The molecule has 1 unspecified atom stereocenters. The molecule has 3 heteroatoms. The largest absolute Gasteiger partial charge is 0.398 e. The van der Waals surface area contributed by atoms with Crippen LogP contribution < -0.4 is 5.73 Å². The van der Waals surface area contributed by atoms with E-state index in [1.807, 2.05) is 18.2 Å². The number of nitrogens with two attached hydrogens (primary N) is 1. The van der Waals surface area contributed by atoms with Crippen LogP contribution in [-0.4, -0.2) is 18.5 Å². The third kappa shape index (κ3) is 4.03. The summed E-state index contributed by atoms with van der Waals surface area (Å²) in [5.41, 5.74) is 7.85. The zero-order valence-corrected chi connectivity index (χ0v) is 11.1. The van der Waals surface area contributed by atoms with Crippen LogP contribution in [0.5, 0.6) is 0 Å². The molecule has 0 aliphatic heterocycles. The minimum Gasteiger partial charge on any atom is -0.398 e. The second kappa shape index (κ2) is 6.12. The molecule has 0 aliphatic carbocycles. The summed E-state index contributed by atoms with van der Waals surface area (Å²) < 4.78 is 0. The van der Waals surface area contributed by atoms with Crippen LogP contribution in [0.1, 0.15) is 25.8 Å². The summed E-state index contributed by atoms with van der Waals surface area (Å²) in [5, 5.41) is 0.751. The molecule has 1 atom stereocenters. The quantitative estimate of drug-likeness (QED) is 0.800. The van der Waals surface area contributed by atoms with Crippen molar-refractivity contribution in [2.45, 2.75) is 26.8 Å². The predicted octanol–water partition coefficient (Wildman–Crippen LogP) is 3.40. The SMILES string of the molecule is CCC(C)CN(C)Cc1cc(Cl)ccc1N. The monoisotopic (exact) mass is 240 g/mol. The molecule has 0 saturated heterocycles. The highest BCUT2D eigenvalue weighted by Crippen LogP contribution is 2.19. The molecule has 0 saturated carbocycles. The molecule has 16 heavy (non-hydrogen) atoms. The Kier molecular flexibility index (Phi) is 5.10. The summed E-state index contributed by atoms with van der Waals surface area (Å²) in [6, 6.07) is 5.65. The molecule has 0 heterocycles. The molecule has 0 aliphatic rings. The number of nitrogen functional groups attached to an aromatic ring is 1. The molecule has 0 spiro atoms. The van der Waals surface area contributed by atoms with Crippen LogP contribution in [0.25, 0.3) is 0 Å². The third-order valence-corrected chi connectivity index (χ3v) is 3.10. The van der Waals surface area contributed by atoms with Crippen molar-refractivity contribution in [2.75, 3.05) is 19.3 Å². The first-order valence-corrected chi connectivity index (χ1v) is 6.13. The third-order valence-electron chi connectivity index (χ3n) is 2.87. The highest BCUT2D eigenvalue weighted by Gasteiger charge is 2.07. The lowest BCUT2D eigenvalue weighted by molar-refractivity contribution is 0.275. The Hall–Kier alpha value is -0.730. The number of hydrogen-bond acceptors (Lipinski definition) is 2. The van der Waals surface area contributed by atoms with Gasteiger partial charge < -0.3 is 10.6 Å². The van der Waals surface area contributed by atoms with Crippen LogP contribution >= 0.6 is 11.6 Å². The van der Waals surface area contributed by atoms with Gasteiger partial charge in [0.15, 0.2) is 0 Å². The van der Waals surface area contributed by atoms with Crippen molar-refractivity contribution >= 4 is 17.3 Å². The van der Waals surface area contributed by atoms with Gasteiger partial charge in [-0.15, -0.1) is 0 Å². The van der Waals surface area contributed by atoms with E-state index in [9.17, 15) is 0 Å². The average Bonchev–Trinajstić information content (AvgIpc) is 2.23. The van der Waals surface area contributed by atoms with Gasteiger partial charge in [-0.25, -0.2) is 0 Å². The van der Waals surface area contributed by atoms with Gasteiger partial charge >= 0.3 is 0 Å². The molecule has 0 amide bonds. The van der Waals surface area contributed by atoms with Crippen molar-refractivity contribution < 1.29 is 0 Å². The number of rotatable bonds is 5.